The molecule has 1 N–H and O–H groups in total. The van der Waals surface area contributed by atoms with Gasteiger partial charge in [-0.3, -0.25) is 4.79 Å². The van der Waals surface area contributed by atoms with E-state index < -0.39 is 0 Å². The highest BCUT2D eigenvalue weighted by molar-refractivity contribution is 5.88. The summed E-state index contributed by atoms with van der Waals surface area (Å²) < 4.78 is 0. The minimum absolute atomic E-state index is 0.0905. The largest absolute Gasteiger partial charge is 0.357 e. The van der Waals surface area contributed by atoms with Crippen LogP contribution in [0.25, 0.3) is 0 Å². The summed E-state index contributed by atoms with van der Waals surface area (Å²) in [6.07, 6.45) is 0. The normalized spacial score (nSPS) is 10.0. The van der Waals surface area contributed by atoms with Crippen molar-refractivity contribution in [2.45, 2.75) is 27.7 Å². The number of nitrogens with zero attached hydrogens (tertiary/aromatic N) is 2. The van der Waals surface area contributed by atoms with E-state index in [1.165, 1.54) is 6.92 Å². The topological polar surface area (TPSA) is 45.2 Å². The molecule has 1 amide bonds. The van der Waals surface area contributed by atoms with Crippen molar-refractivity contribution in [1.82, 2.24) is 4.98 Å². The van der Waals surface area contributed by atoms with Crippen LogP contribution in [-0.2, 0) is 4.79 Å². The van der Waals surface area contributed by atoms with Crippen molar-refractivity contribution in [1.29, 1.82) is 0 Å². The molecule has 1 aromatic rings. The Morgan fingerprint density at radius 3 is 2.50 bits per heavy atom. The van der Waals surface area contributed by atoms with Crippen LogP contribution in [0.15, 0.2) is 12.1 Å². The van der Waals surface area contributed by atoms with Crippen LogP contribution in [0.2, 0.25) is 0 Å². The summed E-state index contributed by atoms with van der Waals surface area (Å²) in [4.78, 5) is 17.6. The van der Waals surface area contributed by atoms with Crippen molar-refractivity contribution in [3.63, 3.8) is 0 Å². The predicted octanol–water partition coefficient (Wildman–Crippen LogP) is 2.19. The van der Waals surface area contributed by atoms with E-state index in [2.05, 4.69) is 29.0 Å². The van der Waals surface area contributed by atoms with Gasteiger partial charge in [0.2, 0.25) is 5.91 Å². The first-order valence-electron chi connectivity index (χ1n) is 5.58. The lowest BCUT2D eigenvalue weighted by Crippen LogP contribution is -2.23. The van der Waals surface area contributed by atoms with Crippen molar-refractivity contribution in [2.75, 3.05) is 23.3 Å². The van der Waals surface area contributed by atoms with Crippen molar-refractivity contribution in [3.05, 3.63) is 17.7 Å². The van der Waals surface area contributed by atoms with Gasteiger partial charge in [0.05, 0.1) is 0 Å². The summed E-state index contributed by atoms with van der Waals surface area (Å²) in [5.74, 6) is 1.46. The molecule has 1 heterocycles. The summed E-state index contributed by atoms with van der Waals surface area (Å²) in [5.41, 5.74) is 0.978. The van der Waals surface area contributed by atoms with E-state index in [-0.39, 0.29) is 5.91 Å². The standard InChI is InChI=1S/C12H19N3O/c1-5-15(6-2)11-8-7-9(3)12(14-11)13-10(4)16/h7-8H,5-6H2,1-4H3,(H,13,14,16). The molecule has 0 radical (unpaired) electrons. The third kappa shape index (κ3) is 2.95. The molecule has 0 bridgehead atoms. The van der Waals surface area contributed by atoms with Gasteiger partial charge in [0.1, 0.15) is 11.6 Å². The number of nitrogens with one attached hydrogen (secondary N) is 1. The van der Waals surface area contributed by atoms with Gasteiger partial charge in [-0.05, 0) is 32.4 Å². The van der Waals surface area contributed by atoms with Gasteiger partial charge in [0, 0.05) is 20.0 Å². The fourth-order valence-electron chi connectivity index (χ4n) is 1.54. The molecule has 88 valence electrons. The summed E-state index contributed by atoms with van der Waals surface area (Å²) in [6.45, 7) is 9.42. The predicted molar refractivity (Wildman–Crippen MR) is 66.8 cm³/mol. The van der Waals surface area contributed by atoms with Crippen LogP contribution >= 0.6 is 0 Å². The smallest absolute Gasteiger partial charge is 0.222 e. The average molecular weight is 221 g/mol. The summed E-state index contributed by atoms with van der Waals surface area (Å²) in [7, 11) is 0. The Labute approximate surface area is 96.7 Å². The maximum Gasteiger partial charge on any atom is 0.222 e. The molecule has 0 aliphatic heterocycles. The van der Waals surface area contributed by atoms with Crippen LogP contribution in [-0.4, -0.2) is 24.0 Å². The quantitative estimate of drug-likeness (QED) is 0.847. The van der Waals surface area contributed by atoms with Crippen molar-refractivity contribution in [2.24, 2.45) is 0 Å². The molecular formula is C12H19N3O. The molecule has 0 unspecified atom stereocenters. The molecule has 0 fully saturated rings. The third-order valence-corrected chi connectivity index (χ3v) is 2.46. The Balaban J connectivity index is 3.01. The molecule has 16 heavy (non-hydrogen) atoms. The molecule has 0 saturated heterocycles. The second-order valence-electron chi connectivity index (χ2n) is 3.69. The van der Waals surface area contributed by atoms with E-state index in [1.54, 1.807) is 0 Å². The van der Waals surface area contributed by atoms with E-state index in [0.717, 1.165) is 24.5 Å². The fraction of sp³-hybridized carbons (Fsp3) is 0.500. The molecule has 0 saturated carbocycles. The summed E-state index contributed by atoms with van der Waals surface area (Å²) >= 11 is 0. The minimum Gasteiger partial charge on any atom is -0.357 e. The van der Waals surface area contributed by atoms with E-state index in [1.807, 2.05) is 19.1 Å². The zero-order valence-electron chi connectivity index (χ0n) is 10.4. The van der Waals surface area contributed by atoms with Gasteiger partial charge >= 0.3 is 0 Å². The Morgan fingerprint density at radius 1 is 1.38 bits per heavy atom. The first-order chi connectivity index (χ1) is 7.58. The van der Waals surface area contributed by atoms with Crippen molar-refractivity contribution < 1.29 is 4.79 Å². The van der Waals surface area contributed by atoms with Crippen LogP contribution in [0, 0.1) is 6.92 Å². The second kappa shape index (κ2) is 5.49. The number of carbonyl (C=O) groups is 1. The molecule has 1 rings (SSSR count). The van der Waals surface area contributed by atoms with Gasteiger partial charge in [0.15, 0.2) is 0 Å². The molecular weight excluding hydrogens is 202 g/mol. The molecule has 0 atom stereocenters. The molecule has 0 aliphatic carbocycles. The molecule has 0 aliphatic rings. The van der Waals surface area contributed by atoms with Crippen LogP contribution in [0.4, 0.5) is 11.6 Å². The highest BCUT2D eigenvalue weighted by atomic mass is 16.1. The Kier molecular flexibility index (Phi) is 4.28. The summed E-state index contributed by atoms with van der Waals surface area (Å²) in [5, 5.41) is 2.74. The number of amides is 1. The SMILES string of the molecule is CCN(CC)c1ccc(C)c(NC(C)=O)n1. The Morgan fingerprint density at radius 2 is 2.00 bits per heavy atom. The van der Waals surface area contributed by atoms with Crippen LogP contribution in [0.5, 0.6) is 0 Å². The van der Waals surface area contributed by atoms with Crippen molar-refractivity contribution in [3.8, 4) is 0 Å². The fourth-order valence-corrected chi connectivity index (χ4v) is 1.54. The second-order valence-corrected chi connectivity index (χ2v) is 3.69. The monoisotopic (exact) mass is 221 g/mol. The number of hydrogen-bond donors (Lipinski definition) is 1. The number of rotatable bonds is 4. The average Bonchev–Trinajstić information content (AvgIpc) is 2.23. The number of pyridine rings is 1. The summed E-state index contributed by atoms with van der Waals surface area (Å²) in [6, 6.07) is 3.96. The number of anilines is 2. The number of hydrogen-bond acceptors (Lipinski definition) is 3. The molecule has 0 aromatic carbocycles. The van der Waals surface area contributed by atoms with Crippen molar-refractivity contribution >= 4 is 17.5 Å². The van der Waals surface area contributed by atoms with Crippen LogP contribution in [0.1, 0.15) is 26.3 Å². The van der Waals surface area contributed by atoms with E-state index in [0.29, 0.717) is 5.82 Å². The molecule has 1 aromatic heterocycles. The lowest BCUT2D eigenvalue weighted by molar-refractivity contribution is -0.114. The van der Waals surface area contributed by atoms with E-state index in [9.17, 15) is 4.79 Å². The van der Waals surface area contributed by atoms with Gasteiger partial charge in [-0.15, -0.1) is 0 Å². The van der Waals surface area contributed by atoms with Gasteiger partial charge in [0.25, 0.3) is 0 Å². The highest BCUT2D eigenvalue weighted by Crippen LogP contribution is 2.18. The lowest BCUT2D eigenvalue weighted by Gasteiger charge is -2.20. The van der Waals surface area contributed by atoms with Gasteiger partial charge in [-0.25, -0.2) is 4.98 Å². The molecule has 4 heteroatoms. The van der Waals surface area contributed by atoms with Gasteiger partial charge in [-0.2, -0.15) is 0 Å². The number of aromatic nitrogens is 1. The van der Waals surface area contributed by atoms with E-state index in [4.69, 9.17) is 0 Å². The first kappa shape index (κ1) is 12.5. The first-order valence-corrected chi connectivity index (χ1v) is 5.58. The molecule has 4 nitrogen and oxygen atoms in total. The highest BCUT2D eigenvalue weighted by Gasteiger charge is 2.07. The Hall–Kier alpha value is -1.58. The van der Waals surface area contributed by atoms with E-state index >= 15 is 0 Å². The van der Waals surface area contributed by atoms with Gasteiger partial charge < -0.3 is 10.2 Å². The van der Waals surface area contributed by atoms with Gasteiger partial charge in [-0.1, -0.05) is 6.07 Å². The maximum absolute atomic E-state index is 11.0. The van der Waals surface area contributed by atoms with Crippen LogP contribution < -0.4 is 10.2 Å². The third-order valence-electron chi connectivity index (χ3n) is 2.46. The Bertz CT molecular complexity index is 373. The zero-order valence-corrected chi connectivity index (χ0v) is 10.4. The lowest BCUT2D eigenvalue weighted by atomic mass is 10.2. The van der Waals surface area contributed by atoms with Crippen LogP contribution in [0.3, 0.4) is 0 Å². The zero-order chi connectivity index (χ0) is 12.1. The number of carbonyl (C=O) groups excluding carboxylic acids is 1. The maximum atomic E-state index is 11.0. The number of aryl methyl sites for hydroxylation is 1. The molecule has 0 spiro atoms. The minimum atomic E-state index is -0.0905.